The van der Waals surface area contributed by atoms with Crippen molar-refractivity contribution in [3.8, 4) is 0 Å². The van der Waals surface area contributed by atoms with Crippen molar-refractivity contribution in [2.24, 2.45) is 0 Å². The first-order valence-electron chi connectivity index (χ1n) is 8.63. The van der Waals surface area contributed by atoms with Gasteiger partial charge in [0, 0.05) is 42.7 Å². The second-order valence-electron chi connectivity index (χ2n) is 6.31. The van der Waals surface area contributed by atoms with Gasteiger partial charge in [0.05, 0.1) is 12.2 Å². The fourth-order valence-electron chi connectivity index (χ4n) is 3.30. The highest BCUT2D eigenvalue weighted by molar-refractivity contribution is 5.55. The minimum atomic E-state index is 0.0732. The summed E-state index contributed by atoms with van der Waals surface area (Å²) in [5, 5.41) is 3.23. The Hall–Kier alpha value is -3.16. The van der Waals surface area contributed by atoms with E-state index < -0.39 is 0 Å². The van der Waals surface area contributed by atoms with Crippen molar-refractivity contribution in [3.05, 3.63) is 54.1 Å². The summed E-state index contributed by atoms with van der Waals surface area (Å²) in [6.45, 7) is 4.88. The third-order valence-electron chi connectivity index (χ3n) is 4.33. The highest BCUT2D eigenvalue weighted by Gasteiger charge is 2.31. The van der Waals surface area contributed by atoms with Crippen molar-refractivity contribution in [3.63, 3.8) is 0 Å². The number of rotatable bonds is 4. The van der Waals surface area contributed by atoms with Crippen LogP contribution in [0.1, 0.15) is 36.0 Å². The van der Waals surface area contributed by atoms with E-state index >= 15 is 0 Å². The summed E-state index contributed by atoms with van der Waals surface area (Å²) in [6.07, 6.45) is 10.4. The summed E-state index contributed by atoms with van der Waals surface area (Å²) in [5.74, 6) is 2.08. The van der Waals surface area contributed by atoms with Crippen LogP contribution in [0.2, 0.25) is 0 Å². The molecular formula is C18H20N8. The number of nitrogens with one attached hydrogen (secondary N) is 1. The van der Waals surface area contributed by atoms with Crippen molar-refractivity contribution in [2.75, 3.05) is 16.8 Å². The van der Waals surface area contributed by atoms with Gasteiger partial charge in [-0.05, 0) is 32.8 Å². The SMILES string of the molecule is Cc1cc(C)nc(N2CCCC2c2nccnc2Nc2cnccn2)n1. The van der Waals surface area contributed by atoms with Gasteiger partial charge in [0.25, 0.3) is 0 Å². The number of hydrogen-bond acceptors (Lipinski definition) is 8. The first-order chi connectivity index (χ1) is 12.7. The fourth-order valence-corrected chi connectivity index (χ4v) is 3.30. The van der Waals surface area contributed by atoms with E-state index in [1.807, 2.05) is 19.9 Å². The Bertz CT molecular complexity index is 878. The highest BCUT2D eigenvalue weighted by atomic mass is 15.3. The Labute approximate surface area is 151 Å². The van der Waals surface area contributed by atoms with Gasteiger partial charge in [-0.3, -0.25) is 9.97 Å². The van der Waals surface area contributed by atoms with Crippen LogP contribution in [0.5, 0.6) is 0 Å². The molecule has 1 N–H and O–H groups in total. The van der Waals surface area contributed by atoms with Crippen LogP contribution >= 0.6 is 0 Å². The quantitative estimate of drug-likeness (QED) is 0.769. The predicted octanol–water partition coefficient (Wildman–Crippen LogP) is 2.76. The van der Waals surface area contributed by atoms with E-state index in [0.29, 0.717) is 11.6 Å². The molecule has 0 aliphatic carbocycles. The molecule has 0 bridgehead atoms. The zero-order valence-electron chi connectivity index (χ0n) is 14.8. The number of aryl methyl sites for hydroxylation is 2. The molecule has 3 aromatic heterocycles. The van der Waals surface area contributed by atoms with Gasteiger partial charge in [-0.2, -0.15) is 0 Å². The Kier molecular flexibility index (Phi) is 4.39. The molecule has 1 saturated heterocycles. The van der Waals surface area contributed by atoms with Crippen molar-refractivity contribution in [1.82, 2.24) is 29.9 Å². The Morgan fingerprint density at radius 2 is 1.77 bits per heavy atom. The van der Waals surface area contributed by atoms with Crippen LogP contribution in [0.3, 0.4) is 0 Å². The molecule has 0 saturated carbocycles. The zero-order valence-corrected chi connectivity index (χ0v) is 14.8. The minimum Gasteiger partial charge on any atom is -0.332 e. The van der Waals surface area contributed by atoms with Gasteiger partial charge in [0.15, 0.2) is 5.82 Å². The average Bonchev–Trinajstić information content (AvgIpc) is 3.12. The van der Waals surface area contributed by atoms with Crippen LogP contribution in [0.25, 0.3) is 0 Å². The Morgan fingerprint density at radius 1 is 1.00 bits per heavy atom. The summed E-state index contributed by atoms with van der Waals surface area (Å²) >= 11 is 0. The van der Waals surface area contributed by atoms with E-state index in [1.54, 1.807) is 31.0 Å². The van der Waals surface area contributed by atoms with Gasteiger partial charge in [0.1, 0.15) is 11.5 Å². The third kappa shape index (κ3) is 3.30. The molecule has 1 atom stereocenters. The van der Waals surface area contributed by atoms with Crippen molar-refractivity contribution in [1.29, 1.82) is 0 Å². The molecule has 1 fully saturated rings. The Balaban J connectivity index is 1.68. The summed E-state index contributed by atoms with van der Waals surface area (Å²) in [5.41, 5.74) is 2.81. The van der Waals surface area contributed by atoms with E-state index in [9.17, 15) is 0 Å². The molecule has 1 aliphatic heterocycles. The molecular weight excluding hydrogens is 328 g/mol. The molecule has 0 radical (unpaired) electrons. The lowest BCUT2D eigenvalue weighted by Gasteiger charge is -2.25. The predicted molar refractivity (Wildman–Crippen MR) is 98.2 cm³/mol. The van der Waals surface area contributed by atoms with E-state index in [1.165, 1.54) is 0 Å². The molecule has 0 amide bonds. The molecule has 0 aromatic carbocycles. The zero-order chi connectivity index (χ0) is 17.9. The molecule has 0 spiro atoms. The molecule has 26 heavy (non-hydrogen) atoms. The molecule has 132 valence electrons. The lowest BCUT2D eigenvalue weighted by Crippen LogP contribution is -2.26. The van der Waals surface area contributed by atoms with Gasteiger partial charge < -0.3 is 10.2 Å². The maximum Gasteiger partial charge on any atom is 0.226 e. The van der Waals surface area contributed by atoms with Crippen LogP contribution in [-0.2, 0) is 0 Å². The lowest BCUT2D eigenvalue weighted by molar-refractivity contribution is 0.675. The molecule has 1 aliphatic rings. The molecule has 4 heterocycles. The number of anilines is 3. The van der Waals surface area contributed by atoms with E-state index in [2.05, 4.69) is 40.1 Å². The van der Waals surface area contributed by atoms with E-state index in [0.717, 1.165) is 42.4 Å². The molecule has 8 heteroatoms. The maximum absolute atomic E-state index is 4.63. The molecule has 8 nitrogen and oxygen atoms in total. The number of nitrogens with zero attached hydrogens (tertiary/aromatic N) is 7. The average molecular weight is 348 g/mol. The van der Waals surface area contributed by atoms with Gasteiger partial charge in [-0.15, -0.1) is 0 Å². The van der Waals surface area contributed by atoms with Crippen LogP contribution in [0.15, 0.2) is 37.1 Å². The normalized spacial score (nSPS) is 16.7. The topological polar surface area (TPSA) is 92.6 Å². The van der Waals surface area contributed by atoms with Crippen LogP contribution < -0.4 is 10.2 Å². The van der Waals surface area contributed by atoms with Gasteiger partial charge >= 0.3 is 0 Å². The molecule has 1 unspecified atom stereocenters. The highest BCUT2D eigenvalue weighted by Crippen LogP contribution is 2.36. The van der Waals surface area contributed by atoms with Crippen molar-refractivity contribution >= 4 is 17.6 Å². The summed E-state index contributed by atoms with van der Waals surface area (Å²) in [6, 6.07) is 2.06. The smallest absolute Gasteiger partial charge is 0.226 e. The largest absolute Gasteiger partial charge is 0.332 e. The van der Waals surface area contributed by atoms with Gasteiger partial charge in [0.2, 0.25) is 5.95 Å². The van der Waals surface area contributed by atoms with E-state index in [-0.39, 0.29) is 6.04 Å². The van der Waals surface area contributed by atoms with Crippen LogP contribution in [-0.4, -0.2) is 36.4 Å². The molecule has 3 aromatic rings. The van der Waals surface area contributed by atoms with Gasteiger partial charge in [-0.25, -0.2) is 19.9 Å². The number of hydrogen-bond donors (Lipinski definition) is 1. The van der Waals surface area contributed by atoms with Gasteiger partial charge in [-0.1, -0.05) is 0 Å². The van der Waals surface area contributed by atoms with Crippen molar-refractivity contribution < 1.29 is 0 Å². The first kappa shape index (κ1) is 16.3. The van der Waals surface area contributed by atoms with Crippen LogP contribution in [0, 0.1) is 13.8 Å². The first-order valence-corrected chi connectivity index (χ1v) is 8.63. The third-order valence-corrected chi connectivity index (χ3v) is 4.33. The Morgan fingerprint density at radius 3 is 2.54 bits per heavy atom. The summed E-state index contributed by atoms with van der Waals surface area (Å²) < 4.78 is 0. The van der Waals surface area contributed by atoms with Crippen LogP contribution in [0.4, 0.5) is 17.6 Å². The maximum atomic E-state index is 4.63. The fraction of sp³-hybridized carbons (Fsp3) is 0.333. The summed E-state index contributed by atoms with van der Waals surface area (Å²) in [7, 11) is 0. The van der Waals surface area contributed by atoms with Crippen molar-refractivity contribution in [2.45, 2.75) is 32.7 Å². The standard InChI is InChI=1S/C18H20N8/c1-12-10-13(2)24-18(23-12)26-9-3-4-14(26)16-17(22-8-7-21-16)25-15-11-19-5-6-20-15/h5-8,10-11,14H,3-4,9H2,1-2H3,(H,20,22,25). The number of aromatic nitrogens is 6. The summed E-state index contributed by atoms with van der Waals surface area (Å²) in [4.78, 5) is 28.9. The second-order valence-corrected chi connectivity index (χ2v) is 6.31. The van der Waals surface area contributed by atoms with E-state index in [4.69, 9.17) is 0 Å². The monoisotopic (exact) mass is 348 g/mol. The minimum absolute atomic E-state index is 0.0732. The lowest BCUT2D eigenvalue weighted by atomic mass is 10.1. The molecule has 4 rings (SSSR count). The second kappa shape index (κ2) is 6.99.